The van der Waals surface area contributed by atoms with E-state index in [0.29, 0.717) is 0 Å². The largest absolute Gasteiger partial charge is 0.0810 e. The van der Waals surface area contributed by atoms with Gasteiger partial charge in [0.1, 0.15) is 0 Å². The van der Waals surface area contributed by atoms with Crippen molar-refractivity contribution in [1.82, 2.24) is 0 Å². The Morgan fingerprint density at radius 3 is 1.86 bits per heavy atom. The van der Waals surface area contributed by atoms with Gasteiger partial charge in [-0.3, -0.25) is 0 Å². The molecule has 0 radical (unpaired) electrons. The van der Waals surface area contributed by atoms with Crippen LogP contribution in [0.4, 0.5) is 0 Å². The minimum absolute atomic E-state index is 1.23. The lowest BCUT2D eigenvalue weighted by molar-refractivity contribution is 0.557. The van der Waals surface area contributed by atoms with Crippen LogP contribution in [0.3, 0.4) is 0 Å². The molecule has 1 aromatic carbocycles. The minimum Gasteiger partial charge on any atom is -0.0810 e. The van der Waals surface area contributed by atoms with Gasteiger partial charge in [-0.2, -0.15) is 0 Å². The van der Waals surface area contributed by atoms with E-state index in [2.05, 4.69) is 50.3 Å². The zero-order valence-electron chi connectivity index (χ0n) is 14.2. The molecule has 0 aliphatic carbocycles. The van der Waals surface area contributed by atoms with Gasteiger partial charge in [0.2, 0.25) is 0 Å². The van der Waals surface area contributed by atoms with Crippen LogP contribution < -0.4 is 0 Å². The summed E-state index contributed by atoms with van der Waals surface area (Å²) >= 11 is 0. The van der Waals surface area contributed by atoms with E-state index in [1.54, 1.807) is 0 Å². The molecular weight excluding hydrogens is 252 g/mol. The van der Waals surface area contributed by atoms with Crippen LogP contribution in [0.1, 0.15) is 90.0 Å². The Labute approximate surface area is 132 Å². The van der Waals surface area contributed by atoms with Crippen molar-refractivity contribution in [2.75, 3.05) is 0 Å². The molecule has 1 rings (SSSR count). The van der Waals surface area contributed by atoms with Crippen LogP contribution in [0, 0.1) is 0 Å². The smallest absolute Gasteiger partial charge is 0.0231 e. The second kappa shape index (κ2) is 12.7. The van der Waals surface area contributed by atoms with Crippen molar-refractivity contribution in [3.8, 4) is 0 Å². The number of benzene rings is 1. The van der Waals surface area contributed by atoms with E-state index in [1.807, 2.05) is 0 Å². The average Bonchev–Trinajstić information content (AvgIpc) is 2.53. The summed E-state index contributed by atoms with van der Waals surface area (Å²) < 4.78 is 0. The Morgan fingerprint density at radius 2 is 1.29 bits per heavy atom. The van der Waals surface area contributed by atoms with E-state index in [9.17, 15) is 0 Å². The molecule has 0 saturated heterocycles. The Morgan fingerprint density at radius 1 is 0.762 bits per heavy atom. The molecule has 118 valence electrons. The molecule has 0 amide bonds. The van der Waals surface area contributed by atoms with Gasteiger partial charge < -0.3 is 0 Å². The standard InChI is InChI=1S/C21H34/c1-3-4-5-6-7-8-9-10-11-12-14-17-20(2)21-18-15-13-16-19-21/h13,15-19H,3-12,14H2,1-2H3/b20-17-. The van der Waals surface area contributed by atoms with Crippen LogP contribution in [0.25, 0.3) is 5.57 Å². The van der Waals surface area contributed by atoms with Gasteiger partial charge in [-0.15, -0.1) is 0 Å². The van der Waals surface area contributed by atoms with Crippen molar-refractivity contribution in [2.45, 2.75) is 84.5 Å². The lowest BCUT2D eigenvalue weighted by Crippen LogP contribution is -1.82. The molecule has 0 aliphatic rings. The third-order valence-corrected chi connectivity index (χ3v) is 4.24. The van der Waals surface area contributed by atoms with Crippen LogP contribution in [0.15, 0.2) is 36.4 Å². The van der Waals surface area contributed by atoms with Gasteiger partial charge in [0, 0.05) is 0 Å². The second-order valence-corrected chi connectivity index (χ2v) is 6.22. The molecule has 0 aliphatic heterocycles. The van der Waals surface area contributed by atoms with E-state index in [1.165, 1.54) is 81.8 Å². The van der Waals surface area contributed by atoms with Gasteiger partial charge >= 0.3 is 0 Å². The molecule has 0 nitrogen and oxygen atoms in total. The van der Waals surface area contributed by atoms with E-state index in [-0.39, 0.29) is 0 Å². The average molecular weight is 287 g/mol. The Kier molecular flexibility index (Phi) is 10.9. The highest BCUT2D eigenvalue weighted by atomic mass is 14.0. The molecule has 0 heterocycles. The first kappa shape index (κ1) is 18.0. The molecule has 0 unspecified atom stereocenters. The maximum Gasteiger partial charge on any atom is -0.0231 e. The van der Waals surface area contributed by atoms with Crippen molar-refractivity contribution in [3.05, 3.63) is 42.0 Å². The number of rotatable bonds is 12. The second-order valence-electron chi connectivity index (χ2n) is 6.22. The first-order valence-electron chi connectivity index (χ1n) is 9.06. The fourth-order valence-corrected chi connectivity index (χ4v) is 2.77. The van der Waals surface area contributed by atoms with Crippen molar-refractivity contribution >= 4 is 5.57 Å². The molecule has 0 saturated carbocycles. The van der Waals surface area contributed by atoms with Crippen LogP contribution in [-0.4, -0.2) is 0 Å². The fraction of sp³-hybridized carbons (Fsp3) is 0.619. The maximum absolute atomic E-state index is 2.40. The third-order valence-electron chi connectivity index (χ3n) is 4.24. The summed E-state index contributed by atoms with van der Waals surface area (Å²) in [7, 11) is 0. The number of unbranched alkanes of at least 4 members (excludes halogenated alkanes) is 10. The zero-order valence-corrected chi connectivity index (χ0v) is 14.2. The maximum atomic E-state index is 2.40. The first-order chi connectivity index (χ1) is 10.3. The Balaban J connectivity index is 1.95. The minimum atomic E-state index is 1.23. The molecule has 0 aromatic heterocycles. The summed E-state index contributed by atoms with van der Waals surface area (Å²) in [5.41, 5.74) is 2.79. The van der Waals surface area contributed by atoms with Crippen LogP contribution in [0.2, 0.25) is 0 Å². The van der Waals surface area contributed by atoms with Gasteiger partial charge in [-0.25, -0.2) is 0 Å². The molecule has 0 fully saturated rings. The Hall–Kier alpha value is -1.04. The van der Waals surface area contributed by atoms with Crippen molar-refractivity contribution in [3.63, 3.8) is 0 Å². The van der Waals surface area contributed by atoms with E-state index >= 15 is 0 Å². The Bertz CT molecular complexity index is 361. The summed E-state index contributed by atoms with van der Waals surface area (Å²) in [5.74, 6) is 0. The van der Waals surface area contributed by atoms with Gasteiger partial charge in [0.25, 0.3) is 0 Å². The molecule has 1 aromatic rings. The number of hydrogen-bond acceptors (Lipinski definition) is 0. The predicted octanol–water partition coefficient (Wildman–Crippen LogP) is 7.40. The van der Waals surface area contributed by atoms with Crippen molar-refractivity contribution in [2.24, 2.45) is 0 Å². The highest BCUT2D eigenvalue weighted by molar-refractivity contribution is 5.63. The summed E-state index contributed by atoms with van der Waals surface area (Å²) in [5, 5.41) is 0. The predicted molar refractivity (Wildman–Crippen MR) is 96.6 cm³/mol. The monoisotopic (exact) mass is 286 g/mol. The molecular formula is C21H34. The zero-order chi connectivity index (χ0) is 15.2. The summed E-state index contributed by atoms with van der Waals surface area (Å²) in [6, 6.07) is 10.7. The van der Waals surface area contributed by atoms with Gasteiger partial charge in [-0.1, -0.05) is 101 Å². The molecule has 0 spiro atoms. The van der Waals surface area contributed by atoms with Gasteiger partial charge in [-0.05, 0) is 30.9 Å². The fourth-order valence-electron chi connectivity index (χ4n) is 2.77. The molecule has 21 heavy (non-hydrogen) atoms. The summed E-state index contributed by atoms with van der Waals surface area (Å²) in [4.78, 5) is 0. The van der Waals surface area contributed by atoms with E-state index in [4.69, 9.17) is 0 Å². The highest BCUT2D eigenvalue weighted by Gasteiger charge is 1.94. The number of allylic oxidation sites excluding steroid dienone is 2. The SMILES string of the molecule is CCCCCCCCCCCC/C=C(/C)c1ccccc1. The molecule has 0 atom stereocenters. The lowest BCUT2D eigenvalue weighted by atomic mass is 10.0. The normalized spacial score (nSPS) is 11.8. The van der Waals surface area contributed by atoms with Gasteiger partial charge in [0.05, 0.1) is 0 Å². The topological polar surface area (TPSA) is 0 Å². The summed E-state index contributed by atoms with van der Waals surface area (Å²) in [6.07, 6.45) is 17.8. The van der Waals surface area contributed by atoms with Crippen molar-refractivity contribution < 1.29 is 0 Å². The van der Waals surface area contributed by atoms with Crippen molar-refractivity contribution in [1.29, 1.82) is 0 Å². The molecule has 0 N–H and O–H groups in total. The quantitative estimate of drug-likeness (QED) is 0.351. The van der Waals surface area contributed by atoms with Crippen LogP contribution in [-0.2, 0) is 0 Å². The first-order valence-corrected chi connectivity index (χ1v) is 9.06. The lowest BCUT2D eigenvalue weighted by Gasteiger charge is -2.03. The van der Waals surface area contributed by atoms with Crippen LogP contribution >= 0.6 is 0 Å². The molecule has 0 bridgehead atoms. The number of hydrogen-bond donors (Lipinski definition) is 0. The highest BCUT2D eigenvalue weighted by Crippen LogP contribution is 2.16. The third kappa shape index (κ3) is 9.50. The van der Waals surface area contributed by atoms with E-state index < -0.39 is 0 Å². The molecule has 0 heteroatoms. The van der Waals surface area contributed by atoms with Crippen LogP contribution in [0.5, 0.6) is 0 Å². The van der Waals surface area contributed by atoms with Gasteiger partial charge in [0.15, 0.2) is 0 Å². The van der Waals surface area contributed by atoms with E-state index in [0.717, 1.165) is 0 Å². The summed E-state index contributed by atoms with van der Waals surface area (Å²) in [6.45, 7) is 4.51.